The Bertz CT molecular complexity index is 319. The lowest BCUT2D eigenvalue weighted by atomic mass is 10.2. The van der Waals surface area contributed by atoms with Gasteiger partial charge in [0, 0.05) is 13.1 Å². The van der Waals surface area contributed by atoms with Gasteiger partial charge in [-0.15, -0.1) is 0 Å². The molecule has 82 valence electrons. The van der Waals surface area contributed by atoms with Gasteiger partial charge in [0.25, 0.3) is 0 Å². The minimum Gasteiger partial charge on any atom is -0.378 e. The molecule has 1 saturated heterocycles. The third-order valence-corrected chi connectivity index (χ3v) is 2.51. The third kappa shape index (κ3) is 2.15. The number of carbonyl (C=O) groups excluding carboxylic acids is 1. The van der Waals surface area contributed by atoms with Crippen molar-refractivity contribution in [3.05, 3.63) is 12.7 Å². The second-order valence-electron chi connectivity index (χ2n) is 3.49. The lowest BCUT2D eigenvalue weighted by Gasteiger charge is -2.29. The molecule has 0 N–H and O–H groups in total. The molecule has 6 heteroatoms. The number of ether oxygens (including phenoxy) is 1. The lowest BCUT2D eigenvalue weighted by molar-refractivity contribution is -0.138. The van der Waals surface area contributed by atoms with Gasteiger partial charge in [0.05, 0.1) is 13.2 Å². The third-order valence-electron chi connectivity index (χ3n) is 2.51. The Hall–Kier alpha value is -1.43. The van der Waals surface area contributed by atoms with Gasteiger partial charge in [0.15, 0.2) is 0 Å². The zero-order valence-corrected chi connectivity index (χ0v) is 8.67. The topological polar surface area (TPSA) is 60.2 Å². The summed E-state index contributed by atoms with van der Waals surface area (Å²) in [4.78, 5) is 17.6. The molecule has 1 fully saturated rings. The van der Waals surface area contributed by atoms with Crippen LogP contribution in [-0.4, -0.2) is 51.9 Å². The number of amides is 1. The van der Waals surface area contributed by atoms with Gasteiger partial charge in [-0.2, -0.15) is 5.10 Å². The molecule has 0 radical (unpaired) electrons. The molecule has 1 atom stereocenters. The van der Waals surface area contributed by atoms with Gasteiger partial charge in [-0.3, -0.25) is 4.79 Å². The summed E-state index contributed by atoms with van der Waals surface area (Å²) < 4.78 is 6.76. The van der Waals surface area contributed by atoms with Gasteiger partial charge in [0.1, 0.15) is 18.7 Å². The van der Waals surface area contributed by atoms with Crippen LogP contribution in [0.1, 0.15) is 13.0 Å². The van der Waals surface area contributed by atoms with Crippen molar-refractivity contribution in [2.75, 3.05) is 26.3 Å². The van der Waals surface area contributed by atoms with Crippen molar-refractivity contribution in [2.24, 2.45) is 0 Å². The molecule has 1 aromatic rings. The second kappa shape index (κ2) is 4.39. The summed E-state index contributed by atoms with van der Waals surface area (Å²) >= 11 is 0. The summed E-state index contributed by atoms with van der Waals surface area (Å²) in [5, 5.41) is 3.96. The molecule has 2 rings (SSSR count). The fourth-order valence-corrected chi connectivity index (χ4v) is 1.58. The highest BCUT2D eigenvalue weighted by Crippen LogP contribution is 2.09. The Morgan fingerprint density at radius 3 is 2.80 bits per heavy atom. The maximum absolute atomic E-state index is 12.0. The van der Waals surface area contributed by atoms with Gasteiger partial charge >= 0.3 is 0 Å². The van der Waals surface area contributed by atoms with Crippen LogP contribution < -0.4 is 0 Å². The molecule has 0 aromatic carbocycles. The monoisotopic (exact) mass is 210 g/mol. The normalized spacial score (nSPS) is 18.9. The highest BCUT2D eigenvalue weighted by Gasteiger charge is 2.23. The van der Waals surface area contributed by atoms with E-state index >= 15 is 0 Å². The molecule has 0 aliphatic carbocycles. The maximum atomic E-state index is 12.0. The van der Waals surface area contributed by atoms with Crippen molar-refractivity contribution in [2.45, 2.75) is 13.0 Å². The minimum absolute atomic E-state index is 0.0730. The van der Waals surface area contributed by atoms with Crippen LogP contribution in [0.15, 0.2) is 12.7 Å². The minimum atomic E-state index is -0.286. The molecule has 0 bridgehead atoms. The van der Waals surface area contributed by atoms with E-state index in [0.29, 0.717) is 26.3 Å². The fourth-order valence-electron chi connectivity index (χ4n) is 1.58. The predicted molar refractivity (Wildman–Crippen MR) is 52.1 cm³/mol. The molecule has 15 heavy (non-hydrogen) atoms. The number of nitrogens with zero attached hydrogens (tertiary/aromatic N) is 4. The highest BCUT2D eigenvalue weighted by atomic mass is 16.5. The summed E-state index contributed by atoms with van der Waals surface area (Å²) in [6.07, 6.45) is 2.99. The maximum Gasteiger partial charge on any atom is 0.247 e. The lowest BCUT2D eigenvalue weighted by Crippen LogP contribution is -2.43. The fraction of sp³-hybridized carbons (Fsp3) is 0.667. The van der Waals surface area contributed by atoms with Crippen LogP contribution in [0.25, 0.3) is 0 Å². The van der Waals surface area contributed by atoms with Gasteiger partial charge < -0.3 is 9.64 Å². The Balaban J connectivity index is 2.00. The standard InChI is InChI=1S/C9H14N4O2/c1-8(13-7-10-6-11-13)9(14)12-2-4-15-5-3-12/h6-8H,2-5H2,1H3/t8-/m0/s1. The van der Waals surface area contributed by atoms with Crippen molar-refractivity contribution < 1.29 is 9.53 Å². The first-order valence-corrected chi connectivity index (χ1v) is 4.99. The van der Waals surface area contributed by atoms with Crippen LogP contribution in [0.2, 0.25) is 0 Å². The summed E-state index contributed by atoms with van der Waals surface area (Å²) in [6, 6.07) is -0.286. The highest BCUT2D eigenvalue weighted by molar-refractivity contribution is 5.80. The van der Waals surface area contributed by atoms with E-state index in [1.807, 2.05) is 6.92 Å². The van der Waals surface area contributed by atoms with Crippen molar-refractivity contribution >= 4 is 5.91 Å². The van der Waals surface area contributed by atoms with Crippen LogP contribution in [0, 0.1) is 0 Å². The zero-order valence-electron chi connectivity index (χ0n) is 8.67. The molecule has 0 unspecified atom stereocenters. The van der Waals surface area contributed by atoms with Crippen LogP contribution in [-0.2, 0) is 9.53 Å². The molecule has 1 amide bonds. The van der Waals surface area contributed by atoms with E-state index in [1.165, 1.54) is 6.33 Å². The van der Waals surface area contributed by atoms with Crippen molar-refractivity contribution in [1.29, 1.82) is 0 Å². The molecule has 6 nitrogen and oxygen atoms in total. The zero-order chi connectivity index (χ0) is 10.7. The first-order chi connectivity index (χ1) is 7.29. The van der Waals surface area contributed by atoms with Gasteiger partial charge in [0.2, 0.25) is 5.91 Å². The number of hydrogen-bond acceptors (Lipinski definition) is 4. The summed E-state index contributed by atoms with van der Waals surface area (Å²) in [5.41, 5.74) is 0. The van der Waals surface area contributed by atoms with E-state index in [4.69, 9.17) is 4.74 Å². The van der Waals surface area contributed by atoms with Crippen LogP contribution in [0.5, 0.6) is 0 Å². The van der Waals surface area contributed by atoms with Gasteiger partial charge in [-0.25, -0.2) is 9.67 Å². The van der Waals surface area contributed by atoms with Crippen molar-refractivity contribution in [1.82, 2.24) is 19.7 Å². The van der Waals surface area contributed by atoms with Crippen LogP contribution >= 0.6 is 0 Å². The summed E-state index contributed by atoms with van der Waals surface area (Å²) in [7, 11) is 0. The van der Waals surface area contributed by atoms with E-state index in [0.717, 1.165) is 0 Å². The number of rotatable bonds is 2. The number of hydrogen-bond donors (Lipinski definition) is 0. The number of aromatic nitrogens is 3. The van der Waals surface area contributed by atoms with E-state index in [-0.39, 0.29) is 11.9 Å². The largest absolute Gasteiger partial charge is 0.378 e. The summed E-state index contributed by atoms with van der Waals surface area (Å²) in [5.74, 6) is 0.0730. The molecule has 1 aliphatic heterocycles. The number of carbonyl (C=O) groups is 1. The molecule has 1 aliphatic rings. The van der Waals surface area contributed by atoms with Gasteiger partial charge in [-0.1, -0.05) is 0 Å². The van der Waals surface area contributed by atoms with E-state index < -0.39 is 0 Å². The smallest absolute Gasteiger partial charge is 0.247 e. The Morgan fingerprint density at radius 1 is 1.47 bits per heavy atom. The van der Waals surface area contributed by atoms with Crippen LogP contribution in [0.3, 0.4) is 0 Å². The SMILES string of the molecule is C[C@@H](C(=O)N1CCOCC1)n1cncn1. The average Bonchev–Trinajstić information content (AvgIpc) is 2.82. The second-order valence-corrected chi connectivity index (χ2v) is 3.49. The van der Waals surface area contributed by atoms with Gasteiger partial charge in [-0.05, 0) is 6.92 Å². The van der Waals surface area contributed by atoms with Crippen molar-refractivity contribution in [3.63, 3.8) is 0 Å². The van der Waals surface area contributed by atoms with E-state index in [9.17, 15) is 4.79 Å². The number of morpholine rings is 1. The first kappa shape index (κ1) is 10.1. The Morgan fingerprint density at radius 2 is 2.20 bits per heavy atom. The molecular weight excluding hydrogens is 196 g/mol. The van der Waals surface area contributed by atoms with Crippen LogP contribution in [0.4, 0.5) is 0 Å². The molecule has 0 spiro atoms. The molecule has 2 heterocycles. The first-order valence-electron chi connectivity index (χ1n) is 4.99. The Labute approximate surface area is 87.8 Å². The quantitative estimate of drug-likeness (QED) is 0.672. The van der Waals surface area contributed by atoms with Crippen molar-refractivity contribution in [3.8, 4) is 0 Å². The molecular formula is C9H14N4O2. The van der Waals surface area contributed by atoms with E-state index in [1.54, 1.807) is 15.9 Å². The van der Waals surface area contributed by atoms with E-state index in [2.05, 4.69) is 10.1 Å². The Kier molecular flexibility index (Phi) is 2.96. The molecule has 0 saturated carbocycles. The molecule has 1 aromatic heterocycles. The average molecular weight is 210 g/mol. The summed E-state index contributed by atoms with van der Waals surface area (Å²) in [6.45, 7) is 4.40. The predicted octanol–water partition coefficient (Wildman–Crippen LogP) is -0.302.